The van der Waals surface area contributed by atoms with E-state index in [1.165, 1.54) is 12.1 Å². The zero-order chi connectivity index (χ0) is 15.1. The molecule has 3 nitrogen and oxygen atoms in total. The average molecular weight is 291 g/mol. The number of benzene rings is 2. The number of fused-ring (bicyclic) bond motifs is 1. The normalized spacial score (nSPS) is 11.2. The lowest BCUT2D eigenvalue weighted by atomic mass is 10.1. The summed E-state index contributed by atoms with van der Waals surface area (Å²) in [5, 5.41) is 0. The van der Waals surface area contributed by atoms with E-state index in [1.54, 1.807) is 12.1 Å². The van der Waals surface area contributed by atoms with Crippen molar-refractivity contribution in [1.29, 1.82) is 0 Å². The molecule has 0 N–H and O–H groups in total. The first-order valence-corrected chi connectivity index (χ1v) is 7.08. The van der Waals surface area contributed by atoms with Crippen LogP contribution in [0, 0.1) is 5.82 Å². The minimum atomic E-state index is -0.237. The number of nitrogens with zero attached hydrogens (tertiary/aromatic N) is 3. The summed E-state index contributed by atoms with van der Waals surface area (Å²) in [6, 6.07) is 16.6. The summed E-state index contributed by atoms with van der Waals surface area (Å²) in [5.41, 5.74) is 4.00. The van der Waals surface area contributed by atoms with Crippen molar-refractivity contribution in [1.82, 2.24) is 14.0 Å². The smallest absolute Gasteiger partial charge is 0.214 e. The van der Waals surface area contributed by atoms with Crippen molar-refractivity contribution in [2.24, 2.45) is 7.05 Å². The second-order valence-electron chi connectivity index (χ2n) is 5.28. The molecule has 0 saturated carbocycles. The number of imidazole rings is 2. The molecular weight excluding hydrogens is 277 g/mol. The summed E-state index contributed by atoms with van der Waals surface area (Å²) in [6.45, 7) is 0. The van der Waals surface area contributed by atoms with Crippen LogP contribution in [0.15, 0.2) is 67.0 Å². The highest BCUT2D eigenvalue weighted by Crippen LogP contribution is 2.25. The molecule has 2 heterocycles. The maximum atomic E-state index is 13.0. The third-order valence-corrected chi connectivity index (χ3v) is 3.85. The Morgan fingerprint density at radius 1 is 0.864 bits per heavy atom. The Kier molecular flexibility index (Phi) is 2.82. The van der Waals surface area contributed by atoms with E-state index in [0.29, 0.717) is 0 Å². The molecule has 0 aliphatic heterocycles. The van der Waals surface area contributed by atoms with Crippen LogP contribution in [0.1, 0.15) is 0 Å². The number of halogens is 1. The molecular formula is C18H14FN3. The zero-order valence-corrected chi connectivity index (χ0v) is 12.1. The second kappa shape index (κ2) is 4.84. The van der Waals surface area contributed by atoms with Crippen LogP contribution in [0.4, 0.5) is 4.39 Å². The third-order valence-electron chi connectivity index (χ3n) is 3.85. The van der Waals surface area contributed by atoms with Gasteiger partial charge in [-0.1, -0.05) is 30.3 Å². The Bertz CT molecular complexity index is 934. The first-order chi connectivity index (χ1) is 10.7. The minimum absolute atomic E-state index is 0.237. The monoisotopic (exact) mass is 291 g/mol. The van der Waals surface area contributed by atoms with Gasteiger partial charge in [0.25, 0.3) is 0 Å². The molecule has 2 aromatic heterocycles. The molecule has 22 heavy (non-hydrogen) atoms. The van der Waals surface area contributed by atoms with Gasteiger partial charge >= 0.3 is 0 Å². The van der Waals surface area contributed by atoms with E-state index in [1.807, 2.05) is 35.8 Å². The molecule has 0 spiro atoms. The highest BCUT2D eigenvalue weighted by Gasteiger charge is 2.12. The first-order valence-electron chi connectivity index (χ1n) is 7.08. The van der Waals surface area contributed by atoms with Gasteiger partial charge in [-0.05, 0) is 29.8 Å². The Labute approximate surface area is 127 Å². The number of aryl methyl sites for hydroxylation is 1. The number of aromatic nitrogens is 3. The van der Waals surface area contributed by atoms with Crippen LogP contribution in [0.5, 0.6) is 0 Å². The molecule has 0 saturated heterocycles. The Balaban J connectivity index is 1.82. The highest BCUT2D eigenvalue weighted by atomic mass is 19.1. The van der Waals surface area contributed by atoms with Crippen LogP contribution in [-0.2, 0) is 7.05 Å². The van der Waals surface area contributed by atoms with E-state index in [2.05, 4.69) is 27.9 Å². The largest absolute Gasteiger partial charge is 0.313 e. The van der Waals surface area contributed by atoms with Crippen molar-refractivity contribution < 1.29 is 4.39 Å². The Morgan fingerprint density at radius 2 is 1.59 bits per heavy atom. The molecule has 4 heteroatoms. The van der Waals surface area contributed by atoms with Crippen molar-refractivity contribution in [3.8, 4) is 22.5 Å². The van der Waals surface area contributed by atoms with E-state index < -0.39 is 0 Å². The molecule has 4 rings (SSSR count). The molecule has 0 fully saturated rings. The predicted octanol–water partition coefficient (Wildman–Crippen LogP) is 4.15. The fraction of sp³-hybridized carbons (Fsp3) is 0.0556. The van der Waals surface area contributed by atoms with Crippen LogP contribution < -0.4 is 0 Å². The van der Waals surface area contributed by atoms with Crippen LogP contribution in [0.25, 0.3) is 28.3 Å². The van der Waals surface area contributed by atoms with E-state index in [4.69, 9.17) is 0 Å². The standard InChI is InChI=1S/C18H14FN3/c1-21-17(14-5-3-2-4-6-14)12-22-11-16(20-18(21)22)13-7-9-15(19)10-8-13/h2-12H,1H3. The van der Waals surface area contributed by atoms with Crippen molar-refractivity contribution in [2.75, 3.05) is 0 Å². The molecule has 0 unspecified atom stereocenters. The zero-order valence-electron chi connectivity index (χ0n) is 12.1. The van der Waals surface area contributed by atoms with Gasteiger partial charge in [-0.15, -0.1) is 0 Å². The van der Waals surface area contributed by atoms with Gasteiger partial charge < -0.3 is 4.57 Å². The SMILES string of the molecule is Cn1c(-c2ccccc2)cn2cc(-c3ccc(F)cc3)nc12. The molecule has 0 aliphatic carbocycles. The molecule has 0 radical (unpaired) electrons. The van der Waals surface area contributed by atoms with Crippen LogP contribution in [-0.4, -0.2) is 14.0 Å². The van der Waals surface area contributed by atoms with Crippen LogP contribution >= 0.6 is 0 Å². The van der Waals surface area contributed by atoms with Gasteiger partial charge in [0, 0.05) is 25.0 Å². The van der Waals surface area contributed by atoms with Crippen LogP contribution in [0.3, 0.4) is 0 Å². The fourth-order valence-corrected chi connectivity index (χ4v) is 2.69. The van der Waals surface area contributed by atoms with Crippen LogP contribution in [0.2, 0.25) is 0 Å². The molecule has 108 valence electrons. The third kappa shape index (κ3) is 2.00. The molecule has 0 atom stereocenters. The lowest BCUT2D eigenvalue weighted by molar-refractivity contribution is 0.628. The van der Waals surface area contributed by atoms with E-state index in [-0.39, 0.29) is 5.82 Å². The number of hydrogen-bond donors (Lipinski definition) is 0. The second-order valence-corrected chi connectivity index (χ2v) is 5.28. The van der Waals surface area contributed by atoms with Crippen molar-refractivity contribution in [3.05, 3.63) is 72.8 Å². The Hall–Kier alpha value is -2.88. The van der Waals surface area contributed by atoms with Gasteiger partial charge in [-0.3, -0.25) is 4.40 Å². The predicted molar refractivity (Wildman–Crippen MR) is 85.0 cm³/mol. The van der Waals surface area contributed by atoms with Crippen molar-refractivity contribution in [2.45, 2.75) is 0 Å². The maximum Gasteiger partial charge on any atom is 0.214 e. The summed E-state index contributed by atoms with van der Waals surface area (Å²) >= 11 is 0. The first kappa shape index (κ1) is 12.8. The summed E-state index contributed by atoms with van der Waals surface area (Å²) in [4.78, 5) is 4.66. The molecule has 2 aromatic carbocycles. The van der Waals surface area contributed by atoms with E-state index in [9.17, 15) is 4.39 Å². The van der Waals surface area contributed by atoms with Gasteiger partial charge in [-0.2, -0.15) is 0 Å². The summed E-state index contributed by atoms with van der Waals surface area (Å²) < 4.78 is 17.1. The molecule has 0 amide bonds. The lowest BCUT2D eigenvalue weighted by Gasteiger charge is -2.02. The lowest BCUT2D eigenvalue weighted by Crippen LogP contribution is -1.92. The topological polar surface area (TPSA) is 22.2 Å². The van der Waals surface area contributed by atoms with Crippen molar-refractivity contribution >= 4 is 5.78 Å². The number of hydrogen-bond acceptors (Lipinski definition) is 1. The molecule has 0 bridgehead atoms. The highest BCUT2D eigenvalue weighted by molar-refractivity contribution is 5.66. The van der Waals surface area contributed by atoms with E-state index >= 15 is 0 Å². The molecule has 0 aliphatic rings. The van der Waals surface area contributed by atoms with Gasteiger partial charge in [0.15, 0.2) is 0 Å². The van der Waals surface area contributed by atoms with E-state index in [0.717, 1.165) is 28.3 Å². The van der Waals surface area contributed by atoms with Crippen molar-refractivity contribution in [3.63, 3.8) is 0 Å². The van der Waals surface area contributed by atoms with Gasteiger partial charge in [0.1, 0.15) is 5.82 Å². The summed E-state index contributed by atoms with van der Waals surface area (Å²) in [5.74, 6) is 0.622. The quantitative estimate of drug-likeness (QED) is 0.544. The maximum absolute atomic E-state index is 13.0. The molecule has 4 aromatic rings. The number of rotatable bonds is 2. The van der Waals surface area contributed by atoms with Gasteiger partial charge in [0.2, 0.25) is 5.78 Å². The van der Waals surface area contributed by atoms with Gasteiger partial charge in [-0.25, -0.2) is 9.37 Å². The average Bonchev–Trinajstić information content (AvgIpc) is 3.09. The summed E-state index contributed by atoms with van der Waals surface area (Å²) in [7, 11) is 2.00. The Morgan fingerprint density at radius 3 is 2.27 bits per heavy atom. The van der Waals surface area contributed by atoms with Gasteiger partial charge in [0.05, 0.1) is 11.4 Å². The minimum Gasteiger partial charge on any atom is -0.313 e. The fourth-order valence-electron chi connectivity index (χ4n) is 2.69. The summed E-state index contributed by atoms with van der Waals surface area (Å²) in [6.07, 6.45) is 4.03.